The first-order valence-corrected chi connectivity index (χ1v) is 10.9. The molecule has 2 heterocycles. The first-order chi connectivity index (χ1) is 14.0. The number of carbonyl (C=O) groups excluding carboxylic acids is 1. The van der Waals surface area contributed by atoms with Crippen LogP contribution in [0.5, 0.6) is 0 Å². The number of ether oxygens (including phenoxy) is 1. The summed E-state index contributed by atoms with van der Waals surface area (Å²) < 4.78 is 6.27. The van der Waals surface area contributed by atoms with Gasteiger partial charge in [0.2, 0.25) is 0 Å². The van der Waals surface area contributed by atoms with E-state index in [1.165, 1.54) is 11.3 Å². The van der Waals surface area contributed by atoms with Gasteiger partial charge < -0.3 is 15.0 Å². The van der Waals surface area contributed by atoms with Crippen LogP contribution in [0.3, 0.4) is 0 Å². The SMILES string of the molecule is O=C(NC(=S)Nc1ccccc1N1CCOCC1)c1sc2cc(Cl)ccc2c1Cl. The lowest BCUT2D eigenvalue weighted by molar-refractivity contribution is 0.0982. The van der Waals surface area contributed by atoms with Gasteiger partial charge in [0.25, 0.3) is 5.91 Å². The molecule has 0 bridgehead atoms. The van der Waals surface area contributed by atoms with E-state index in [1.54, 1.807) is 12.1 Å². The van der Waals surface area contributed by atoms with Crippen molar-refractivity contribution in [2.45, 2.75) is 0 Å². The molecule has 1 amide bonds. The van der Waals surface area contributed by atoms with Gasteiger partial charge in [-0.2, -0.15) is 0 Å². The Hall–Kier alpha value is -1.90. The molecule has 1 aromatic heterocycles. The highest BCUT2D eigenvalue weighted by molar-refractivity contribution is 7.80. The van der Waals surface area contributed by atoms with Crippen LogP contribution in [-0.2, 0) is 4.74 Å². The van der Waals surface area contributed by atoms with Gasteiger partial charge in [0.05, 0.1) is 29.6 Å². The Kier molecular flexibility index (Phi) is 6.22. The number of hydrogen-bond acceptors (Lipinski definition) is 5. The maximum absolute atomic E-state index is 12.7. The zero-order chi connectivity index (χ0) is 20.4. The number of amides is 1. The number of thiocarbonyl (C=S) groups is 1. The molecular weight excluding hydrogens is 449 g/mol. The number of carbonyl (C=O) groups is 1. The third kappa shape index (κ3) is 4.49. The second kappa shape index (κ2) is 8.85. The number of rotatable bonds is 3. The minimum Gasteiger partial charge on any atom is -0.378 e. The van der Waals surface area contributed by atoms with Gasteiger partial charge in [-0.1, -0.05) is 41.4 Å². The van der Waals surface area contributed by atoms with Crippen LogP contribution in [-0.4, -0.2) is 37.3 Å². The molecule has 5 nitrogen and oxygen atoms in total. The van der Waals surface area contributed by atoms with Crippen LogP contribution < -0.4 is 15.5 Å². The lowest BCUT2D eigenvalue weighted by Crippen LogP contribution is -2.38. The number of hydrogen-bond donors (Lipinski definition) is 2. The summed E-state index contributed by atoms with van der Waals surface area (Å²) >= 11 is 19.1. The van der Waals surface area contributed by atoms with Gasteiger partial charge in [-0.3, -0.25) is 10.1 Å². The first kappa shape index (κ1) is 20.4. The predicted molar refractivity (Wildman–Crippen MR) is 125 cm³/mol. The molecule has 1 fully saturated rings. The predicted octanol–water partition coefficient (Wildman–Crippen LogP) is 5.17. The second-order valence-corrected chi connectivity index (χ2v) is 8.69. The van der Waals surface area contributed by atoms with E-state index < -0.39 is 0 Å². The van der Waals surface area contributed by atoms with Gasteiger partial charge in [0, 0.05) is 28.2 Å². The van der Waals surface area contributed by atoms with E-state index in [4.69, 9.17) is 40.2 Å². The molecule has 0 radical (unpaired) electrons. The van der Waals surface area contributed by atoms with Crippen LogP contribution in [0.1, 0.15) is 9.67 Å². The van der Waals surface area contributed by atoms with Crippen LogP contribution in [0.2, 0.25) is 10.0 Å². The van der Waals surface area contributed by atoms with E-state index in [9.17, 15) is 4.79 Å². The number of thiophene rings is 1. The Morgan fingerprint density at radius 1 is 1.14 bits per heavy atom. The fourth-order valence-electron chi connectivity index (χ4n) is 3.16. The Bertz CT molecular complexity index is 1080. The highest BCUT2D eigenvalue weighted by Gasteiger charge is 2.19. The largest absolute Gasteiger partial charge is 0.378 e. The number of benzene rings is 2. The van der Waals surface area contributed by atoms with Gasteiger partial charge in [-0.25, -0.2) is 0 Å². The number of anilines is 2. The Morgan fingerprint density at radius 2 is 1.90 bits per heavy atom. The Morgan fingerprint density at radius 3 is 2.69 bits per heavy atom. The van der Waals surface area contributed by atoms with Crippen molar-refractivity contribution < 1.29 is 9.53 Å². The van der Waals surface area contributed by atoms with Gasteiger partial charge in [0.1, 0.15) is 4.88 Å². The quantitative estimate of drug-likeness (QED) is 0.522. The van der Waals surface area contributed by atoms with Crippen molar-refractivity contribution in [1.29, 1.82) is 0 Å². The average Bonchev–Trinajstić information content (AvgIpc) is 3.05. The summed E-state index contributed by atoms with van der Waals surface area (Å²) in [7, 11) is 0. The van der Waals surface area contributed by atoms with Crippen LogP contribution in [0, 0.1) is 0 Å². The molecule has 0 unspecified atom stereocenters. The molecule has 1 aliphatic heterocycles. The van der Waals surface area contributed by atoms with Crippen molar-refractivity contribution in [2.75, 3.05) is 36.5 Å². The maximum atomic E-state index is 12.7. The highest BCUT2D eigenvalue weighted by Crippen LogP contribution is 2.36. The molecule has 3 aromatic rings. The number of halogens is 2. The summed E-state index contributed by atoms with van der Waals surface area (Å²) in [5.41, 5.74) is 1.84. The van der Waals surface area contributed by atoms with Gasteiger partial charge in [-0.05, 0) is 36.5 Å². The smallest absolute Gasteiger partial charge is 0.269 e. The Labute approximate surface area is 187 Å². The molecule has 0 saturated carbocycles. The number of fused-ring (bicyclic) bond motifs is 1. The van der Waals surface area contributed by atoms with Crippen LogP contribution in [0.4, 0.5) is 11.4 Å². The summed E-state index contributed by atoms with van der Waals surface area (Å²) in [6.07, 6.45) is 0. The molecule has 1 saturated heterocycles. The summed E-state index contributed by atoms with van der Waals surface area (Å²) in [6.45, 7) is 2.98. The third-order valence-electron chi connectivity index (χ3n) is 4.53. The first-order valence-electron chi connectivity index (χ1n) is 8.94. The van der Waals surface area contributed by atoms with E-state index in [2.05, 4.69) is 15.5 Å². The molecule has 1 aliphatic rings. The summed E-state index contributed by atoms with van der Waals surface area (Å²) in [4.78, 5) is 15.4. The zero-order valence-electron chi connectivity index (χ0n) is 15.2. The lowest BCUT2D eigenvalue weighted by Gasteiger charge is -2.30. The van der Waals surface area contributed by atoms with E-state index in [0.29, 0.717) is 28.1 Å². The molecule has 2 N–H and O–H groups in total. The van der Waals surface area contributed by atoms with E-state index in [-0.39, 0.29) is 11.0 Å². The van der Waals surface area contributed by atoms with E-state index >= 15 is 0 Å². The highest BCUT2D eigenvalue weighted by atomic mass is 35.5. The fourth-order valence-corrected chi connectivity index (χ4v) is 5.05. The summed E-state index contributed by atoms with van der Waals surface area (Å²) in [5, 5.41) is 7.85. The van der Waals surface area contributed by atoms with Crippen LogP contribution in [0.25, 0.3) is 10.1 Å². The maximum Gasteiger partial charge on any atom is 0.269 e. The third-order valence-corrected chi connectivity index (χ3v) is 6.62. The molecule has 2 aromatic carbocycles. The van der Waals surface area contributed by atoms with Crippen molar-refractivity contribution in [3.8, 4) is 0 Å². The normalized spacial score (nSPS) is 14.1. The second-order valence-electron chi connectivity index (χ2n) is 6.41. The van der Waals surface area contributed by atoms with Gasteiger partial charge in [0.15, 0.2) is 5.11 Å². The lowest BCUT2D eigenvalue weighted by atomic mass is 10.2. The number of morpholine rings is 1. The van der Waals surface area contributed by atoms with Crippen molar-refractivity contribution in [2.24, 2.45) is 0 Å². The van der Waals surface area contributed by atoms with Gasteiger partial charge in [-0.15, -0.1) is 11.3 Å². The molecule has 0 atom stereocenters. The molecule has 0 aliphatic carbocycles. The minimum atomic E-state index is -0.353. The molecule has 29 heavy (non-hydrogen) atoms. The standard InChI is InChI=1S/C20H17Cl2N3O2S2/c21-12-5-6-13-16(11-12)29-18(17(13)22)19(26)24-20(28)23-14-3-1-2-4-15(14)25-7-9-27-10-8-25/h1-6,11H,7-10H2,(H2,23,24,26,28). The average molecular weight is 466 g/mol. The number of nitrogens with zero attached hydrogens (tertiary/aromatic N) is 1. The van der Waals surface area contributed by atoms with Crippen LogP contribution in [0.15, 0.2) is 42.5 Å². The van der Waals surface area contributed by atoms with Crippen molar-refractivity contribution in [1.82, 2.24) is 5.32 Å². The molecule has 9 heteroatoms. The minimum absolute atomic E-state index is 0.210. The number of para-hydroxylation sites is 2. The fraction of sp³-hybridized carbons (Fsp3) is 0.200. The molecule has 0 spiro atoms. The number of nitrogens with one attached hydrogen (secondary N) is 2. The van der Waals surface area contributed by atoms with Gasteiger partial charge >= 0.3 is 0 Å². The van der Waals surface area contributed by atoms with Crippen molar-refractivity contribution >= 4 is 79.2 Å². The monoisotopic (exact) mass is 465 g/mol. The molecule has 150 valence electrons. The molecular formula is C20H17Cl2N3O2S2. The van der Waals surface area contributed by atoms with Crippen molar-refractivity contribution in [3.63, 3.8) is 0 Å². The summed E-state index contributed by atoms with van der Waals surface area (Å²) in [6, 6.07) is 13.2. The Balaban J connectivity index is 1.49. The molecule has 4 rings (SSSR count). The van der Waals surface area contributed by atoms with E-state index in [1.807, 2.05) is 30.3 Å². The van der Waals surface area contributed by atoms with Crippen LogP contribution >= 0.6 is 46.8 Å². The van der Waals surface area contributed by atoms with Crippen molar-refractivity contribution in [3.05, 3.63) is 57.4 Å². The zero-order valence-corrected chi connectivity index (χ0v) is 18.4. The summed E-state index contributed by atoms with van der Waals surface area (Å²) in [5.74, 6) is -0.353. The van der Waals surface area contributed by atoms with E-state index in [0.717, 1.165) is 34.6 Å². The topological polar surface area (TPSA) is 53.6 Å².